The molecule has 2 aromatic rings. The van der Waals surface area contributed by atoms with Crippen molar-refractivity contribution < 1.29 is 17.6 Å². The van der Waals surface area contributed by atoms with Gasteiger partial charge in [-0.2, -0.15) is 4.72 Å². The van der Waals surface area contributed by atoms with E-state index in [9.17, 15) is 17.6 Å². The van der Waals surface area contributed by atoms with Gasteiger partial charge in [-0.05, 0) is 56.0 Å². The minimum Gasteiger partial charge on any atom is -0.371 e. The fraction of sp³-hybridized carbons (Fsp3) is 0.381. The Morgan fingerprint density at radius 2 is 2.03 bits per heavy atom. The molecule has 1 saturated heterocycles. The van der Waals surface area contributed by atoms with Gasteiger partial charge in [-0.3, -0.25) is 4.79 Å². The number of halogens is 2. The quantitative estimate of drug-likeness (QED) is 0.675. The Kier molecular flexibility index (Phi) is 7.00. The molecular weight excluding hydrogens is 429 g/mol. The van der Waals surface area contributed by atoms with E-state index in [0.29, 0.717) is 11.6 Å². The second-order valence-corrected chi connectivity index (χ2v) is 9.67. The summed E-state index contributed by atoms with van der Waals surface area (Å²) in [6.07, 6.45) is 0.904. The van der Waals surface area contributed by atoms with Crippen molar-refractivity contribution in [3.63, 3.8) is 0 Å². The number of nitrogens with zero attached hydrogens (tertiary/aromatic N) is 1. The summed E-state index contributed by atoms with van der Waals surface area (Å²) in [5, 5.41) is 3.48. The van der Waals surface area contributed by atoms with Crippen LogP contribution in [0, 0.1) is 18.7 Å². The summed E-state index contributed by atoms with van der Waals surface area (Å²) in [5.74, 6) is -1.07. The summed E-state index contributed by atoms with van der Waals surface area (Å²) in [4.78, 5) is 14.1. The number of rotatable bonds is 7. The van der Waals surface area contributed by atoms with Gasteiger partial charge in [0.25, 0.3) is 0 Å². The van der Waals surface area contributed by atoms with Gasteiger partial charge in [0, 0.05) is 30.3 Å². The van der Waals surface area contributed by atoms with Crippen LogP contribution in [0.1, 0.15) is 18.9 Å². The predicted octanol–water partition coefficient (Wildman–Crippen LogP) is 3.10. The molecule has 9 heteroatoms. The number of sulfonamides is 1. The predicted molar refractivity (Wildman–Crippen MR) is 116 cm³/mol. The summed E-state index contributed by atoms with van der Waals surface area (Å²) in [7, 11) is -4.13. The molecule has 0 saturated carbocycles. The molecule has 0 aliphatic carbocycles. The zero-order valence-corrected chi connectivity index (χ0v) is 18.4. The molecule has 6 nitrogen and oxygen atoms in total. The van der Waals surface area contributed by atoms with Crippen LogP contribution in [0.3, 0.4) is 0 Å². The highest BCUT2D eigenvalue weighted by molar-refractivity contribution is 7.89. The third-order valence-electron chi connectivity index (χ3n) is 5.21. The van der Waals surface area contributed by atoms with E-state index in [4.69, 9.17) is 11.6 Å². The van der Waals surface area contributed by atoms with Crippen LogP contribution in [-0.4, -0.2) is 40.0 Å². The van der Waals surface area contributed by atoms with Crippen LogP contribution in [0.25, 0.3) is 0 Å². The number of aryl methyl sites for hydroxylation is 1. The van der Waals surface area contributed by atoms with Crippen molar-refractivity contribution in [1.29, 1.82) is 0 Å². The lowest BCUT2D eigenvalue weighted by Gasteiger charge is -2.21. The number of carbonyl (C=O) groups is 1. The largest absolute Gasteiger partial charge is 0.371 e. The Labute approximate surface area is 181 Å². The van der Waals surface area contributed by atoms with Crippen LogP contribution in [0.4, 0.5) is 10.1 Å². The van der Waals surface area contributed by atoms with Crippen LogP contribution in [0.2, 0.25) is 5.02 Å². The van der Waals surface area contributed by atoms with E-state index in [-0.39, 0.29) is 5.92 Å². The van der Waals surface area contributed by atoms with Gasteiger partial charge in [0.2, 0.25) is 15.9 Å². The van der Waals surface area contributed by atoms with Crippen molar-refractivity contribution in [2.75, 3.05) is 24.5 Å². The standard InChI is InChI=1S/C21H25ClFN3O3S/c1-14-7-8-17(22)11-19(14)26-10-9-16(13-26)12-24-21(27)15(2)25-30(28,29)20-6-4-3-5-18(20)23/h3-8,11,15-16,25H,9-10,12-13H2,1-2H3,(H,24,27)/t15-,16?/m0/s1. The maximum Gasteiger partial charge on any atom is 0.244 e. The van der Waals surface area contributed by atoms with Gasteiger partial charge in [0.1, 0.15) is 10.7 Å². The third-order valence-corrected chi connectivity index (χ3v) is 7.02. The van der Waals surface area contributed by atoms with Gasteiger partial charge in [0.15, 0.2) is 0 Å². The second kappa shape index (κ2) is 9.32. The van der Waals surface area contributed by atoms with E-state index >= 15 is 0 Å². The van der Waals surface area contributed by atoms with Crippen molar-refractivity contribution >= 4 is 33.2 Å². The third kappa shape index (κ3) is 5.30. The maximum atomic E-state index is 13.8. The van der Waals surface area contributed by atoms with Crippen LogP contribution in [-0.2, 0) is 14.8 Å². The lowest BCUT2D eigenvalue weighted by Crippen LogP contribution is -2.46. The number of carbonyl (C=O) groups excluding carboxylic acids is 1. The Morgan fingerprint density at radius 1 is 1.30 bits per heavy atom. The molecule has 0 spiro atoms. The molecule has 2 atom stereocenters. The first-order valence-electron chi connectivity index (χ1n) is 9.73. The highest BCUT2D eigenvalue weighted by Crippen LogP contribution is 2.29. The summed E-state index contributed by atoms with van der Waals surface area (Å²) >= 11 is 6.11. The van der Waals surface area contributed by atoms with Gasteiger partial charge in [0.05, 0.1) is 6.04 Å². The van der Waals surface area contributed by atoms with Gasteiger partial charge in [-0.1, -0.05) is 29.8 Å². The first-order valence-corrected chi connectivity index (χ1v) is 11.6. The monoisotopic (exact) mass is 453 g/mol. The highest BCUT2D eigenvalue weighted by atomic mass is 35.5. The molecule has 1 unspecified atom stereocenters. The molecule has 1 fully saturated rings. The summed E-state index contributed by atoms with van der Waals surface area (Å²) in [6, 6.07) is 9.81. The Morgan fingerprint density at radius 3 is 2.77 bits per heavy atom. The minimum absolute atomic E-state index is 0.239. The van der Waals surface area contributed by atoms with Crippen LogP contribution in [0.15, 0.2) is 47.4 Å². The Balaban J connectivity index is 1.53. The van der Waals surface area contributed by atoms with Gasteiger partial charge >= 0.3 is 0 Å². The van der Waals surface area contributed by atoms with Crippen molar-refractivity contribution in [2.45, 2.75) is 31.2 Å². The molecule has 1 heterocycles. The van der Waals surface area contributed by atoms with Crippen molar-refractivity contribution in [1.82, 2.24) is 10.0 Å². The van der Waals surface area contributed by atoms with E-state index in [1.807, 2.05) is 25.1 Å². The van der Waals surface area contributed by atoms with Gasteiger partial charge in [-0.25, -0.2) is 12.8 Å². The first kappa shape index (κ1) is 22.5. The molecule has 1 aliphatic heterocycles. The van der Waals surface area contributed by atoms with E-state index < -0.39 is 32.7 Å². The lowest BCUT2D eigenvalue weighted by atomic mass is 10.1. The number of benzene rings is 2. The van der Waals surface area contributed by atoms with E-state index in [1.54, 1.807) is 0 Å². The van der Waals surface area contributed by atoms with Crippen molar-refractivity contribution in [2.24, 2.45) is 5.92 Å². The Hall–Kier alpha value is -2.16. The highest BCUT2D eigenvalue weighted by Gasteiger charge is 2.27. The fourth-order valence-electron chi connectivity index (χ4n) is 3.55. The fourth-order valence-corrected chi connectivity index (χ4v) is 5.00. The molecule has 0 bridgehead atoms. The maximum absolute atomic E-state index is 13.8. The van der Waals surface area contributed by atoms with Crippen molar-refractivity contribution in [3.05, 3.63) is 58.9 Å². The molecule has 1 aliphatic rings. The molecule has 0 radical (unpaired) electrons. The minimum atomic E-state index is -4.13. The molecule has 2 aromatic carbocycles. The molecule has 30 heavy (non-hydrogen) atoms. The first-order chi connectivity index (χ1) is 14.2. The van der Waals surface area contributed by atoms with E-state index in [0.717, 1.165) is 42.9 Å². The van der Waals surface area contributed by atoms with Crippen LogP contribution >= 0.6 is 11.6 Å². The molecule has 162 valence electrons. The number of nitrogens with one attached hydrogen (secondary N) is 2. The SMILES string of the molecule is Cc1ccc(Cl)cc1N1CCC(CNC(=O)[C@H](C)NS(=O)(=O)c2ccccc2F)C1. The topological polar surface area (TPSA) is 78.5 Å². The lowest BCUT2D eigenvalue weighted by molar-refractivity contribution is -0.122. The normalized spacial score (nSPS) is 17.7. The smallest absolute Gasteiger partial charge is 0.244 e. The summed E-state index contributed by atoms with van der Waals surface area (Å²) < 4.78 is 40.7. The number of hydrogen-bond acceptors (Lipinski definition) is 4. The van der Waals surface area contributed by atoms with Crippen LogP contribution in [0.5, 0.6) is 0 Å². The zero-order chi connectivity index (χ0) is 21.9. The average Bonchev–Trinajstić information content (AvgIpc) is 3.16. The summed E-state index contributed by atoms with van der Waals surface area (Å²) in [6.45, 7) is 5.53. The molecular formula is C21H25ClFN3O3S. The molecule has 0 aromatic heterocycles. The summed E-state index contributed by atoms with van der Waals surface area (Å²) in [5.41, 5.74) is 2.22. The Bertz CT molecular complexity index is 1030. The van der Waals surface area contributed by atoms with Crippen LogP contribution < -0.4 is 14.9 Å². The number of hydrogen-bond donors (Lipinski definition) is 2. The van der Waals surface area contributed by atoms with E-state index in [2.05, 4.69) is 14.9 Å². The van der Waals surface area contributed by atoms with Gasteiger partial charge < -0.3 is 10.2 Å². The number of anilines is 1. The molecule has 1 amide bonds. The second-order valence-electron chi connectivity index (χ2n) is 7.55. The van der Waals surface area contributed by atoms with Gasteiger partial charge in [-0.15, -0.1) is 0 Å². The molecule has 3 rings (SSSR count). The van der Waals surface area contributed by atoms with E-state index in [1.165, 1.54) is 19.1 Å². The van der Waals surface area contributed by atoms with Crippen molar-refractivity contribution in [3.8, 4) is 0 Å². The zero-order valence-electron chi connectivity index (χ0n) is 16.9. The average molecular weight is 454 g/mol. The number of amides is 1. The molecule has 2 N–H and O–H groups in total.